The van der Waals surface area contributed by atoms with Crippen molar-refractivity contribution in [2.45, 2.75) is 49.7 Å². The SMILES string of the molecule is CSC1(CNC2=CC(=O)CC2)CCCCC1. The summed E-state index contributed by atoms with van der Waals surface area (Å²) in [5, 5.41) is 3.49. The second-order valence-corrected chi connectivity index (χ2v) is 6.21. The highest BCUT2D eigenvalue weighted by Crippen LogP contribution is 2.38. The van der Waals surface area contributed by atoms with Crippen molar-refractivity contribution in [3.8, 4) is 0 Å². The van der Waals surface area contributed by atoms with E-state index in [2.05, 4.69) is 11.6 Å². The van der Waals surface area contributed by atoms with Crippen LogP contribution in [0.4, 0.5) is 0 Å². The van der Waals surface area contributed by atoms with E-state index in [0.29, 0.717) is 11.2 Å². The van der Waals surface area contributed by atoms with Gasteiger partial charge in [0.25, 0.3) is 0 Å². The molecule has 1 N–H and O–H groups in total. The molecule has 0 aliphatic heterocycles. The Balaban J connectivity index is 1.87. The molecule has 1 saturated carbocycles. The van der Waals surface area contributed by atoms with E-state index in [1.54, 1.807) is 6.08 Å². The topological polar surface area (TPSA) is 29.1 Å². The zero-order valence-corrected chi connectivity index (χ0v) is 10.9. The molecule has 16 heavy (non-hydrogen) atoms. The normalized spacial score (nSPS) is 24.3. The molecule has 0 heterocycles. The molecular weight excluding hydrogens is 218 g/mol. The van der Waals surface area contributed by atoms with Gasteiger partial charge < -0.3 is 5.32 Å². The summed E-state index contributed by atoms with van der Waals surface area (Å²) in [6, 6.07) is 0. The van der Waals surface area contributed by atoms with Crippen LogP contribution in [0.25, 0.3) is 0 Å². The standard InChI is InChI=1S/C13H21NOS/c1-16-13(7-3-2-4-8-13)10-14-11-5-6-12(15)9-11/h9,14H,2-8,10H2,1H3. The second kappa shape index (κ2) is 5.26. The fourth-order valence-corrected chi connectivity index (χ4v) is 3.57. The first kappa shape index (κ1) is 12.0. The lowest BCUT2D eigenvalue weighted by Gasteiger charge is -2.36. The van der Waals surface area contributed by atoms with Crippen molar-refractivity contribution in [1.82, 2.24) is 5.32 Å². The zero-order valence-electron chi connectivity index (χ0n) is 10.1. The van der Waals surface area contributed by atoms with Crippen molar-refractivity contribution in [1.29, 1.82) is 0 Å². The van der Waals surface area contributed by atoms with E-state index >= 15 is 0 Å². The van der Waals surface area contributed by atoms with Gasteiger partial charge in [-0.25, -0.2) is 0 Å². The molecule has 2 aliphatic rings. The van der Waals surface area contributed by atoms with Gasteiger partial charge in [-0.3, -0.25) is 4.79 Å². The molecule has 2 rings (SSSR count). The van der Waals surface area contributed by atoms with E-state index in [1.807, 2.05) is 11.8 Å². The van der Waals surface area contributed by atoms with Crippen molar-refractivity contribution in [3.05, 3.63) is 11.8 Å². The maximum Gasteiger partial charge on any atom is 0.157 e. The van der Waals surface area contributed by atoms with E-state index < -0.39 is 0 Å². The summed E-state index contributed by atoms with van der Waals surface area (Å²) in [6.45, 7) is 1.03. The average molecular weight is 239 g/mol. The molecule has 0 saturated heterocycles. The lowest BCUT2D eigenvalue weighted by Crippen LogP contribution is -2.38. The van der Waals surface area contributed by atoms with Crippen molar-refractivity contribution in [3.63, 3.8) is 0 Å². The minimum atomic E-state index is 0.282. The number of hydrogen-bond acceptors (Lipinski definition) is 3. The largest absolute Gasteiger partial charge is 0.387 e. The van der Waals surface area contributed by atoms with Gasteiger partial charge in [0.05, 0.1) is 0 Å². The lowest BCUT2D eigenvalue weighted by atomic mass is 9.88. The maximum atomic E-state index is 11.1. The number of nitrogens with one attached hydrogen (secondary N) is 1. The van der Waals surface area contributed by atoms with Crippen LogP contribution in [-0.2, 0) is 4.79 Å². The van der Waals surface area contributed by atoms with Gasteiger partial charge in [0.1, 0.15) is 0 Å². The summed E-state index contributed by atoms with van der Waals surface area (Å²) in [5.41, 5.74) is 1.16. The van der Waals surface area contributed by atoms with Crippen molar-refractivity contribution < 1.29 is 4.79 Å². The smallest absolute Gasteiger partial charge is 0.157 e. The first-order chi connectivity index (χ1) is 7.74. The second-order valence-electron chi connectivity index (χ2n) is 4.94. The van der Waals surface area contributed by atoms with Crippen LogP contribution in [0.3, 0.4) is 0 Å². The highest BCUT2D eigenvalue weighted by molar-refractivity contribution is 8.00. The molecule has 2 aliphatic carbocycles. The third-order valence-corrected chi connectivity index (χ3v) is 5.23. The highest BCUT2D eigenvalue weighted by atomic mass is 32.2. The average Bonchev–Trinajstić information content (AvgIpc) is 2.74. The highest BCUT2D eigenvalue weighted by Gasteiger charge is 2.31. The number of rotatable bonds is 4. The summed E-state index contributed by atoms with van der Waals surface area (Å²) in [4.78, 5) is 11.1. The minimum Gasteiger partial charge on any atom is -0.387 e. The monoisotopic (exact) mass is 239 g/mol. The van der Waals surface area contributed by atoms with E-state index in [0.717, 1.165) is 18.7 Å². The number of ketones is 1. The Morgan fingerprint density at radius 3 is 2.62 bits per heavy atom. The Kier molecular flexibility index (Phi) is 3.95. The molecule has 90 valence electrons. The Morgan fingerprint density at radius 2 is 2.06 bits per heavy atom. The van der Waals surface area contributed by atoms with Crippen LogP contribution in [0.2, 0.25) is 0 Å². The molecule has 0 bridgehead atoms. The molecule has 1 fully saturated rings. The number of hydrogen-bond donors (Lipinski definition) is 1. The Morgan fingerprint density at radius 1 is 1.31 bits per heavy atom. The quantitative estimate of drug-likeness (QED) is 0.818. The van der Waals surface area contributed by atoms with Gasteiger partial charge in [-0.1, -0.05) is 19.3 Å². The zero-order chi connectivity index (χ0) is 11.4. The number of carbonyl (C=O) groups excluding carboxylic acids is 1. The molecular formula is C13H21NOS. The van der Waals surface area contributed by atoms with Crippen LogP contribution in [0, 0.1) is 0 Å². The molecule has 0 aromatic rings. The Labute approximate surface area is 102 Å². The lowest BCUT2D eigenvalue weighted by molar-refractivity contribution is -0.114. The molecule has 0 spiro atoms. The summed E-state index contributed by atoms with van der Waals surface area (Å²) in [7, 11) is 0. The molecule has 0 unspecified atom stereocenters. The summed E-state index contributed by atoms with van der Waals surface area (Å²) >= 11 is 2.00. The molecule has 0 amide bonds. The van der Waals surface area contributed by atoms with Crippen molar-refractivity contribution in [2.75, 3.05) is 12.8 Å². The predicted octanol–water partition coefficient (Wildman–Crippen LogP) is 2.89. The minimum absolute atomic E-state index is 0.282. The van der Waals surface area contributed by atoms with Gasteiger partial charge in [-0.2, -0.15) is 11.8 Å². The van der Waals surface area contributed by atoms with Crippen molar-refractivity contribution in [2.24, 2.45) is 0 Å². The van der Waals surface area contributed by atoms with Gasteiger partial charge in [0, 0.05) is 29.5 Å². The summed E-state index contributed by atoms with van der Waals surface area (Å²) < 4.78 is 0.421. The molecule has 2 nitrogen and oxygen atoms in total. The van der Waals surface area contributed by atoms with Gasteiger partial charge in [-0.15, -0.1) is 0 Å². The van der Waals surface area contributed by atoms with Crippen LogP contribution in [0.1, 0.15) is 44.9 Å². The van der Waals surface area contributed by atoms with E-state index in [4.69, 9.17) is 0 Å². The third kappa shape index (κ3) is 2.82. The van der Waals surface area contributed by atoms with E-state index in [1.165, 1.54) is 32.1 Å². The van der Waals surface area contributed by atoms with Gasteiger partial charge in [-0.05, 0) is 25.5 Å². The fraction of sp³-hybridized carbons (Fsp3) is 0.769. The Hall–Kier alpha value is -0.440. The van der Waals surface area contributed by atoms with Crippen LogP contribution >= 0.6 is 11.8 Å². The molecule has 3 heteroatoms. The molecule has 0 atom stereocenters. The summed E-state index contributed by atoms with van der Waals surface area (Å²) in [6.07, 6.45) is 12.4. The molecule has 0 aromatic carbocycles. The van der Waals surface area contributed by atoms with E-state index in [-0.39, 0.29) is 5.78 Å². The van der Waals surface area contributed by atoms with E-state index in [9.17, 15) is 4.79 Å². The fourth-order valence-electron chi connectivity index (χ4n) is 2.66. The third-order valence-electron chi connectivity index (χ3n) is 3.81. The number of carbonyl (C=O) groups is 1. The first-order valence-corrected chi connectivity index (χ1v) is 7.49. The summed E-state index contributed by atoms with van der Waals surface area (Å²) in [5.74, 6) is 0.282. The Bertz CT molecular complexity index is 292. The predicted molar refractivity (Wildman–Crippen MR) is 69.7 cm³/mol. The molecule has 0 radical (unpaired) electrons. The van der Waals surface area contributed by atoms with Crippen LogP contribution in [-0.4, -0.2) is 23.3 Å². The molecule has 0 aromatic heterocycles. The van der Waals surface area contributed by atoms with Crippen LogP contribution in [0.15, 0.2) is 11.8 Å². The maximum absolute atomic E-state index is 11.1. The number of thioether (sulfide) groups is 1. The van der Waals surface area contributed by atoms with Gasteiger partial charge in [0.15, 0.2) is 5.78 Å². The number of allylic oxidation sites excluding steroid dienone is 2. The van der Waals surface area contributed by atoms with Crippen LogP contribution < -0.4 is 5.32 Å². The first-order valence-electron chi connectivity index (χ1n) is 6.27. The van der Waals surface area contributed by atoms with Gasteiger partial charge >= 0.3 is 0 Å². The van der Waals surface area contributed by atoms with Gasteiger partial charge in [0.2, 0.25) is 0 Å². The van der Waals surface area contributed by atoms with Crippen molar-refractivity contribution >= 4 is 17.5 Å². The van der Waals surface area contributed by atoms with Crippen LogP contribution in [0.5, 0.6) is 0 Å².